The molecule has 0 saturated heterocycles. The third-order valence-electron chi connectivity index (χ3n) is 2.88. The van der Waals surface area contributed by atoms with Crippen molar-refractivity contribution in [1.29, 1.82) is 0 Å². The fraction of sp³-hybridized carbons (Fsp3) is 0.571. The number of halogens is 1. The van der Waals surface area contributed by atoms with Crippen molar-refractivity contribution in [3.63, 3.8) is 0 Å². The lowest BCUT2D eigenvalue weighted by molar-refractivity contribution is -0.661. The molecule has 0 unspecified atom stereocenters. The number of rotatable bonds is 9. The lowest BCUT2D eigenvalue weighted by Gasteiger charge is -2.16. The first-order valence-electron chi connectivity index (χ1n) is 6.61. The molecule has 0 radical (unpaired) electrons. The van der Waals surface area contributed by atoms with E-state index in [4.69, 9.17) is 21.4 Å². The lowest BCUT2D eigenvalue weighted by Crippen LogP contribution is -2.86. The molecule has 0 aliphatic heterocycles. The minimum Gasteiger partial charge on any atom is -0.396 e. The zero-order valence-corrected chi connectivity index (χ0v) is 12.0. The molecule has 0 fully saturated rings. The number of hydrogen-bond acceptors (Lipinski definition) is 3. The summed E-state index contributed by atoms with van der Waals surface area (Å²) < 4.78 is 5.62. The average molecular weight is 289 g/mol. The molecule has 0 heterocycles. The maximum Gasteiger partial charge on any atom is 0.126 e. The summed E-state index contributed by atoms with van der Waals surface area (Å²) in [5.41, 5.74) is 1.04. The van der Waals surface area contributed by atoms with Crippen LogP contribution in [0.1, 0.15) is 25.0 Å². The monoisotopic (exact) mass is 288 g/mol. The number of nitrogens with two attached hydrogens (primary N) is 1. The molecule has 2 atom stereocenters. The van der Waals surface area contributed by atoms with Crippen molar-refractivity contribution in [2.24, 2.45) is 0 Å². The molecular formula is C14H23ClNO3+. The Morgan fingerprint density at radius 3 is 2.63 bits per heavy atom. The highest BCUT2D eigenvalue weighted by molar-refractivity contribution is 6.30. The van der Waals surface area contributed by atoms with Gasteiger partial charge in [-0.25, -0.2) is 0 Å². The van der Waals surface area contributed by atoms with Gasteiger partial charge in [-0.05, 0) is 24.6 Å². The molecule has 4 nitrogen and oxygen atoms in total. The Kier molecular flexibility index (Phi) is 8.02. The number of hydrogen-bond donors (Lipinski definition) is 3. The normalized spacial score (nSPS) is 14.3. The fourth-order valence-electron chi connectivity index (χ4n) is 1.70. The maximum absolute atomic E-state index is 9.75. The lowest BCUT2D eigenvalue weighted by atomic mass is 10.1. The molecule has 1 aromatic rings. The second-order valence-corrected chi connectivity index (χ2v) is 5.01. The molecule has 5 heteroatoms. The smallest absolute Gasteiger partial charge is 0.126 e. The second-order valence-electron chi connectivity index (χ2n) is 4.57. The van der Waals surface area contributed by atoms with E-state index in [0.717, 1.165) is 18.5 Å². The first-order chi connectivity index (χ1) is 9.13. The van der Waals surface area contributed by atoms with Gasteiger partial charge >= 0.3 is 0 Å². The second kappa shape index (κ2) is 9.28. The van der Waals surface area contributed by atoms with Crippen LogP contribution in [0.25, 0.3) is 0 Å². The Hall–Kier alpha value is -0.650. The van der Waals surface area contributed by atoms with E-state index in [9.17, 15) is 5.11 Å². The van der Waals surface area contributed by atoms with Crippen LogP contribution >= 0.6 is 11.6 Å². The van der Waals surface area contributed by atoms with Crippen LogP contribution in [0.4, 0.5) is 0 Å². The summed E-state index contributed by atoms with van der Waals surface area (Å²) in [7, 11) is 0. The van der Waals surface area contributed by atoms with Gasteiger partial charge in [0.1, 0.15) is 12.6 Å². The van der Waals surface area contributed by atoms with Crippen molar-refractivity contribution in [1.82, 2.24) is 0 Å². The highest BCUT2D eigenvalue weighted by atomic mass is 35.5. The molecule has 0 aromatic heterocycles. The van der Waals surface area contributed by atoms with Crippen molar-refractivity contribution in [3.8, 4) is 0 Å². The Labute approximate surface area is 119 Å². The fourth-order valence-corrected chi connectivity index (χ4v) is 1.83. The predicted molar refractivity (Wildman–Crippen MR) is 75.2 cm³/mol. The highest BCUT2D eigenvalue weighted by Gasteiger charge is 2.11. The van der Waals surface area contributed by atoms with Gasteiger partial charge in [0, 0.05) is 18.1 Å². The van der Waals surface area contributed by atoms with Gasteiger partial charge in [0.2, 0.25) is 0 Å². The topological polar surface area (TPSA) is 66.3 Å². The Morgan fingerprint density at radius 2 is 2.00 bits per heavy atom. The molecule has 4 N–H and O–H groups in total. The molecule has 1 rings (SSSR count). The van der Waals surface area contributed by atoms with Gasteiger partial charge in [-0.2, -0.15) is 0 Å². The van der Waals surface area contributed by atoms with Crippen molar-refractivity contribution in [2.45, 2.75) is 25.6 Å². The third kappa shape index (κ3) is 6.89. The first-order valence-corrected chi connectivity index (χ1v) is 6.99. The standard InChI is InChI=1S/C14H22ClNO3/c1-11(12-3-5-13(15)6-4-12)19-10-14(18)9-16-7-2-8-17/h3-6,11,14,16-18H,2,7-10H2,1H3/p+1/t11-,14+/m0/s1. The molecule has 19 heavy (non-hydrogen) atoms. The number of ether oxygens (including phenoxy) is 1. The van der Waals surface area contributed by atoms with Crippen LogP contribution in [0, 0.1) is 0 Å². The summed E-state index contributed by atoms with van der Waals surface area (Å²) in [5, 5.41) is 21.1. The highest BCUT2D eigenvalue weighted by Crippen LogP contribution is 2.19. The summed E-state index contributed by atoms with van der Waals surface area (Å²) in [6.45, 7) is 3.86. The first kappa shape index (κ1) is 16.4. The zero-order valence-electron chi connectivity index (χ0n) is 11.3. The molecule has 108 valence electrons. The van der Waals surface area contributed by atoms with E-state index < -0.39 is 6.10 Å². The predicted octanol–water partition coefficient (Wildman–Crippen LogP) is 0.724. The number of aliphatic hydroxyl groups excluding tert-OH is 2. The van der Waals surface area contributed by atoms with Gasteiger partial charge in [-0.15, -0.1) is 0 Å². The van der Waals surface area contributed by atoms with Crippen molar-refractivity contribution in [3.05, 3.63) is 34.9 Å². The minimum atomic E-state index is -0.492. The van der Waals surface area contributed by atoms with Crippen LogP contribution in [0.15, 0.2) is 24.3 Å². The van der Waals surface area contributed by atoms with E-state index in [1.807, 2.05) is 36.5 Å². The molecule has 0 aliphatic carbocycles. The molecule has 0 aliphatic rings. The van der Waals surface area contributed by atoms with Gasteiger partial charge in [0.15, 0.2) is 0 Å². The molecule has 0 amide bonds. The number of quaternary nitrogens is 1. The quantitative estimate of drug-likeness (QED) is 0.587. The summed E-state index contributed by atoms with van der Waals surface area (Å²) in [6, 6.07) is 7.51. The van der Waals surface area contributed by atoms with Crippen LogP contribution in [0.3, 0.4) is 0 Å². The van der Waals surface area contributed by atoms with E-state index in [2.05, 4.69) is 0 Å². The van der Waals surface area contributed by atoms with Crippen LogP contribution in [0.2, 0.25) is 5.02 Å². The summed E-state index contributed by atoms with van der Waals surface area (Å²) in [4.78, 5) is 0. The van der Waals surface area contributed by atoms with E-state index in [1.54, 1.807) is 0 Å². The Bertz CT molecular complexity index is 345. The van der Waals surface area contributed by atoms with E-state index in [1.165, 1.54) is 0 Å². The van der Waals surface area contributed by atoms with Gasteiger partial charge in [-0.3, -0.25) is 0 Å². The van der Waals surface area contributed by atoms with E-state index in [-0.39, 0.29) is 12.7 Å². The Morgan fingerprint density at radius 1 is 1.32 bits per heavy atom. The minimum absolute atomic E-state index is 0.0654. The molecule has 0 spiro atoms. The third-order valence-corrected chi connectivity index (χ3v) is 3.14. The molecule has 0 saturated carbocycles. The van der Waals surface area contributed by atoms with Crippen molar-refractivity contribution >= 4 is 11.6 Å². The van der Waals surface area contributed by atoms with Gasteiger partial charge in [0.05, 0.1) is 19.3 Å². The van der Waals surface area contributed by atoms with E-state index in [0.29, 0.717) is 18.2 Å². The number of aliphatic hydroxyl groups is 2. The Balaban J connectivity index is 2.22. The summed E-state index contributed by atoms with van der Waals surface area (Å²) in [6.07, 6.45) is 0.187. The maximum atomic E-state index is 9.75. The van der Waals surface area contributed by atoms with Crippen LogP contribution in [-0.4, -0.2) is 42.6 Å². The summed E-state index contributed by atoms with van der Waals surface area (Å²) >= 11 is 5.82. The summed E-state index contributed by atoms with van der Waals surface area (Å²) in [5.74, 6) is 0. The van der Waals surface area contributed by atoms with Crippen molar-refractivity contribution < 1.29 is 20.3 Å². The SMILES string of the molecule is C[C@H](OC[C@H](O)C[NH2+]CCCO)c1ccc(Cl)cc1. The largest absolute Gasteiger partial charge is 0.396 e. The van der Waals surface area contributed by atoms with Crippen molar-refractivity contribution in [2.75, 3.05) is 26.3 Å². The molecule has 0 bridgehead atoms. The van der Waals surface area contributed by atoms with Gasteiger partial charge < -0.3 is 20.3 Å². The molecule has 1 aromatic carbocycles. The van der Waals surface area contributed by atoms with Crippen LogP contribution < -0.4 is 5.32 Å². The van der Waals surface area contributed by atoms with Crippen LogP contribution in [0.5, 0.6) is 0 Å². The van der Waals surface area contributed by atoms with E-state index >= 15 is 0 Å². The van der Waals surface area contributed by atoms with Gasteiger partial charge in [0.25, 0.3) is 0 Å². The van der Waals surface area contributed by atoms with Crippen LogP contribution in [-0.2, 0) is 4.74 Å². The average Bonchev–Trinajstić information content (AvgIpc) is 2.42. The van der Waals surface area contributed by atoms with Gasteiger partial charge in [-0.1, -0.05) is 23.7 Å². The number of benzene rings is 1. The molecular weight excluding hydrogens is 266 g/mol. The zero-order chi connectivity index (χ0) is 14.1.